The summed E-state index contributed by atoms with van der Waals surface area (Å²) in [5.41, 5.74) is 2.50. The number of hydrogen-bond acceptors (Lipinski definition) is 5. The van der Waals surface area contributed by atoms with Gasteiger partial charge in [-0.05, 0) is 35.1 Å². The van der Waals surface area contributed by atoms with Crippen LogP contribution in [0.5, 0.6) is 0 Å². The molecule has 1 N–H and O–H groups in total. The summed E-state index contributed by atoms with van der Waals surface area (Å²) >= 11 is 1.81. The van der Waals surface area contributed by atoms with Crippen LogP contribution < -0.4 is 5.32 Å². The molecule has 1 saturated heterocycles. The Labute approximate surface area is 146 Å². The van der Waals surface area contributed by atoms with Crippen LogP contribution in [0.2, 0.25) is 0 Å². The number of pyridine rings is 1. The van der Waals surface area contributed by atoms with Crippen molar-refractivity contribution in [3.05, 3.63) is 52.0 Å². The van der Waals surface area contributed by atoms with E-state index in [1.54, 1.807) is 6.20 Å². The third kappa shape index (κ3) is 3.22. The molecule has 6 heteroatoms. The van der Waals surface area contributed by atoms with E-state index < -0.39 is 0 Å². The third-order valence-corrected chi connectivity index (χ3v) is 5.95. The molecule has 1 fully saturated rings. The van der Waals surface area contributed by atoms with Gasteiger partial charge in [0.05, 0.1) is 6.54 Å². The molecule has 0 saturated carbocycles. The Morgan fingerprint density at radius 2 is 2.33 bits per heavy atom. The number of nitrogens with zero attached hydrogens (tertiary/aromatic N) is 3. The van der Waals surface area contributed by atoms with Gasteiger partial charge in [0.1, 0.15) is 0 Å². The van der Waals surface area contributed by atoms with Gasteiger partial charge in [-0.2, -0.15) is 0 Å². The highest BCUT2D eigenvalue weighted by Gasteiger charge is 2.28. The average Bonchev–Trinajstić information content (AvgIpc) is 3.10. The van der Waals surface area contributed by atoms with Crippen molar-refractivity contribution in [2.75, 3.05) is 32.7 Å². The molecule has 0 spiro atoms. The van der Waals surface area contributed by atoms with Gasteiger partial charge in [0, 0.05) is 56.0 Å². The normalized spacial score (nSPS) is 21.5. The van der Waals surface area contributed by atoms with Gasteiger partial charge in [-0.15, -0.1) is 11.3 Å². The molecule has 2 aromatic rings. The van der Waals surface area contributed by atoms with E-state index in [2.05, 4.69) is 32.7 Å². The van der Waals surface area contributed by atoms with Crippen LogP contribution in [-0.4, -0.2) is 53.4 Å². The van der Waals surface area contributed by atoms with Crippen molar-refractivity contribution >= 4 is 17.2 Å². The maximum atomic E-state index is 12.8. The van der Waals surface area contributed by atoms with Crippen molar-refractivity contribution < 1.29 is 4.79 Å². The number of nitrogens with one attached hydrogen (secondary N) is 1. The van der Waals surface area contributed by atoms with Gasteiger partial charge in [0.15, 0.2) is 0 Å². The Balaban J connectivity index is 1.44. The minimum absolute atomic E-state index is 0.220. The van der Waals surface area contributed by atoms with Crippen LogP contribution in [0.1, 0.15) is 22.0 Å². The molecule has 1 amide bonds. The largest absolute Gasteiger partial charge is 0.337 e. The molecular formula is C18H22N4OS. The molecule has 2 aliphatic heterocycles. The first-order valence-corrected chi connectivity index (χ1v) is 9.37. The number of carbonyl (C=O) groups is 1. The number of aromatic nitrogens is 1. The number of piperazine rings is 1. The van der Waals surface area contributed by atoms with E-state index in [1.165, 1.54) is 16.0 Å². The Hall–Kier alpha value is -1.76. The summed E-state index contributed by atoms with van der Waals surface area (Å²) in [4.78, 5) is 22.8. The second kappa shape index (κ2) is 7.01. The molecule has 4 rings (SSSR count). The van der Waals surface area contributed by atoms with Crippen LogP contribution in [-0.2, 0) is 17.8 Å². The molecule has 0 aromatic carbocycles. The van der Waals surface area contributed by atoms with Crippen LogP contribution >= 0.6 is 11.3 Å². The minimum atomic E-state index is 0.220. The highest BCUT2D eigenvalue weighted by Crippen LogP contribution is 2.25. The van der Waals surface area contributed by atoms with Crippen LogP contribution in [0.3, 0.4) is 0 Å². The van der Waals surface area contributed by atoms with Gasteiger partial charge < -0.3 is 10.2 Å². The summed E-state index contributed by atoms with van der Waals surface area (Å²) in [7, 11) is 0. The van der Waals surface area contributed by atoms with Gasteiger partial charge >= 0.3 is 0 Å². The smallest absolute Gasteiger partial charge is 0.237 e. The molecule has 0 radical (unpaired) electrons. The fourth-order valence-electron chi connectivity index (χ4n) is 3.57. The first kappa shape index (κ1) is 15.7. The molecular weight excluding hydrogens is 320 g/mol. The van der Waals surface area contributed by atoms with Crippen LogP contribution in [0.25, 0.3) is 0 Å². The predicted octanol–water partition coefficient (Wildman–Crippen LogP) is 1.67. The average molecular weight is 342 g/mol. The summed E-state index contributed by atoms with van der Waals surface area (Å²) < 4.78 is 0. The van der Waals surface area contributed by atoms with Crippen LogP contribution in [0.4, 0.5) is 0 Å². The zero-order valence-corrected chi connectivity index (χ0v) is 14.5. The lowest BCUT2D eigenvalue weighted by atomic mass is 10.0. The van der Waals surface area contributed by atoms with Crippen molar-refractivity contribution in [1.82, 2.24) is 20.1 Å². The van der Waals surface area contributed by atoms with Crippen molar-refractivity contribution in [1.29, 1.82) is 0 Å². The second-order valence-electron chi connectivity index (χ2n) is 6.41. The van der Waals surface area contributed by atoms with E-state index in [9.17, 15) is 4.79 Å². The van der Waals surface area contributed by atoms with E-state index in [0.717, 1.165) is 39.1 Å². The monoisotopic (exact) mass is 342 g/mol. The molecule has 5 nitrogen and oxygen atoms in total. The summed E-state index contributed by atoms with van der Waals surface area (Å²) in [6.07, 6.45) is 4.70. The zero-order chi connectivity index (χ0) is 16.4. The Morgan fingerprint density at radius 3 is 3.21 bits per heavy atom. The zero-order valence-electron chi connectivity index (χ0n) is 13.6. The molecule has 1 unspecified atom stereocenters. The lowest BCUT2D eigenvalue weighted by molar-refractivity contribution is -0.134. The standard InChI is InChI=1S/C18H22N4OS/c23-18(22-7-3-17-15(12-22)4-9-24-17)13-21-8-6-20-11-16(21)14-2-1-5-19-10-14/h1-2,4-5,9-10,16,20H,3,6-8,11-13H2. The van der Waals surface area contributed by atoms with Crippen LogP contribution in [0, 0.1) is 0 Å². The fourth-order valence-corrected chi connectivity index (χ4v) is 4.46. The van der Waals surface area contributed by atoms with Crippen molar-refractivity contribution in [2.45, 2.75) is 19.0 Å². The quantitative estimate of drug-likeness (QED) is 0.922. The first-order valence-electron chi connectivity index (χ1n) is 8.49. The highest BCUT2D eigenvalue weighted by atomic mass is 32.1. The van der Waals surface area contributed by atoms with E-state index in [4.69, 9.17) is 0 Å². The maximum absolute atomic E-state index is 12.8. The topological polar surface area (TPSA) is 48.5 Å². The number of rotatable bonds is 3. The number of amides is 1. The lowest BCUT2D eigenvalue weighted by Crippen LogP contribution is -2.50. The minimum Gasteiger partial charge on any atom is -0.337 e. The van der Waals surface area contributed by atoms with Crippen molar-refractivity contribution in [3.8, 4) is 0 Å². The first-order chi connectivity index (χ1) is 11.8. The Bertz CT molecular complexity index is 702. The fraction of sp³-hybridized carbons (Fsp3) is 0.444. The predicted molar refractivity (Wildman–Crippen MR) is 94.9 cm³/mol. The van der Waals surface area contributed by atoms with Gasteiger partial charge in [-0.25, -0.2) is 0 Å². The summed E-state index contributed by atoms with van der Waals surface area (Å²) in [5.74, 6) is 0.239. The highest BCUT2D eigenvalue weighted by molar-refractivity contribution is 7.10. The Kier molecular flexibility index (Phi) is 4.60. The second-order valence-corrected chi connectivity index (χ2v) is 7.41. The summed E-state index contributed by atoms with van der Waals surface area (Å²) in [5, 5.41) is 5.56. The van der Waals surface area contributed by atoms with Gasteiger partial charge in [-0.1, -0.05) is 6.07 Å². The number of fused-ring (bicyclic) bond motifs is 1. The molecule has 4 heterocycles. The van der Waals surface area contributed by atoms with E-state index >= 15 is 0 Å². The number of hydrogen-bond donors (Lipinski definition) is 1. The SMILES string of the molecule is O=C(CN1CCNCC1c1cccnc1)N1CCc2sccc2C1. The molecule has 0 aliphatic carbocycles. The van der Waals surface area contributed by atoms with E-state index in [1.807, 2.05) is 28.5 Å². The molecule has 24 heavy (non-hydrogen) atoms. The molecule has 1 atom stereocenters. The van der Waals surface area contributed by atoms with E-state index in [-0.39, 0.29) is 11.9 Å². The van der Waals surface area contributed by atoms with Crippen molar-refractivity contribution in [2.24, 2.45) is 0 Å². The number of carbonyl (C=O) groups excluding carboxylic acids is 1. The van der Waals surface area contributed by atoms with E-state index in [0.29, 0.717) is 6.54 Å². The summed E-state index contributed by atoms with van der Waals surface area (Å²) in [6, 6.07) is 6.44. The Morgan fingerprint density at radius 1 is 1.38 bits per heavy atom. The van der Waals surface area contributed by atoms with Crippen molar-refractivity contribution in [3.63, 3.8) is 0 Å². The van der Waals surface area contributed by atoms with Gasteiger partial charge in [0.2, 0.25) is 5.91 Å². The lowest BCUT2D eigenvalue weighted by Gasteiger charge is -2.37. The van der Waals surface area contributed by atoms with Crippen LogP contribution in [0.15, 0.2) is 36.0 Å². The summed E-state index contributed by atoms with van der Waals surface area (Å²) in [6.45, 7) is 4.78. The number of thiophene rings is 1. The third-order valence-electron chi connectivity index (χ3n) is 4.92. The van der Waals surface area contributed by atoms with Gasteiger partial charge in [-0.3, -0.25) is 14.7 Å². The molecule has 2 aliphatic rings. The molecule has 2 aromatic heterocycles. The molecule has 126 valence electrons. The maximum Gasteiger partial charge on any atom is 0.237 e. The molecule has 0 bridgehead atoms. The van der Waals surface area contributed by atoms with Gasteiger partial charge in [0.25, 0.3) is 0 Å².